The molecule has 0 radical (unpaired) electrons. The average molecular weight is 183 g/mol. The standard InChI is InChI=1S/C9H13NO3/c1-3-4-13-7-5-8(9(11)12)10(2)6-7/h1,7-8H,4-6H2,2H3,(H,11,12)/t7-,8-/m0/s1. The highest BCUT2D eigenvalue weighted by Crippen LogP contribution is 2.18. The first-order valence-electron chi connectivity index (χ1n) is 4.13. The first-order valence-corrected chi connectivity index (χ1v) is 4.13. The van der Waals surface area contributed by atoms with E-state index in [0.29, 0.717) is 13.0 Å². The Bertz CT molecular complexity index is 234. The number of rotatable bonds is 3. The maximum Gasteiger partial charge on any atom is 0.321 e. The van der Waals surface area contributed by atoms with E-state index in [9.17, 15) is 4.79 Å². The van der Waals surface area contributed by atoms with Gasteiger partial charge in [0, 0.05) is 13.0 Å². The molecule has 1 rings (SSSR count). The maximum atomic E-state index is 10.7. The van der Waals surface area contributed by atoms with Crippen LogP contribution >= 0.6 is 0 Å². The highest BCUT2D eigenvalue weighted by Gasteiger charge is 2.34. The van der Waals surface area contributed by atoms with E-state index in [0.717, 1.165) is 0 Å². The Hall–Kier alpha value is -1.05. The summed E-state index contributed by atoms with van der Waals surface area (Å²) in [5.41, 5.74) is 0. The average Bonchev–Trinajstić information content (AvgIpc) is 2.43. The zero-order valence-electron chi connectivity index (χ0n) is 7.56. The van der Waals surface area contributed by atoms with Crippen LogP contribution in [0.25, 0.3) is 0 Å². The molecule has 1 fully saturated rings. The van der Waals surface area contributed by atoms with Crippen molar-refractivity contribution in [1.82, 2.24) is 4.90 Å². The van der Waals surface area contributed by atoms with E-state index < -0.39 is 12.0 Å². The number of ether oxygens (including phenoxy) is 1. The second-order valence-corrected chi connectivity index (χ2v) is 3.17. The molecule has 0 spiro atoms. The van der Waals surface area contributed by atoms with E-state index in [1.165, 1.54) is 0 Å². The largest absolute Gasteiger partial charge is 0.480 e. The number of hydrogen-bond acceptors (Lipinski definition) is 3. The molecule has 72 valence electrons. The summed E-state index contributed by atoms with van der Waals surface area (Å²) in [5, 5.41) is 8.79. The Morgan fingerprint density at radius 3 is 3.00 bits per heavy atom. The van der Waals surface area contributed by atoms with E-state index in [1.54, 1.807) is 11.9 Å². The van der Waals surface area contributed by atoms with E-state index >= 15 is 0 Å². The van der Waals surface area contributed by atoms with Gasteiger partial charge in [0.1, 0.15) is 12.6 Å². The fourth-order valence-corrected chi connectivity index (χ4v) is 1.53. The van der Waals surface area contributed by atoms with Crippen LogP contribution in [0.3, 0.4) is 0 Å². The van der Waals surface area contributed by atoms with Crippen LogP contribution in [0.1, 0.15) is 6.42 Å². The predicted octanol–water partition coefficient (Wildman–Crippen LogP) is -0.206. The molecule has 0 amide bonds. The molecule has 0 aromatic rings. The monoisotopic (exact) mass is 183 g/mol. The number of carboxylic acids is 1. The Balaban J connectivity index is 2.41. The molecular formula is C9H13NO3. The Morgan fingerprint density at radius 2 is 2.54 bits per heavy atom. The molecule has 1 N–H and O–H groups in total. The van der Waals surface area contributed by atoms with Gasteiger partial charge in [-0.1, -0.05) is 5.92 Å². The summed E-state index contributed by atoms with van der Waals surface area (Å²) in [6.07, 6.45) is 5.51. The minimum Gasteiger partial charge on any atom is -0.480 e. The molecule has 13 heavy (non-hydrogen) atoms. The molecule has 1 saturated heterocycles. The maximum absolute atomic E-state index is 10.7. The molecule has 0 aromatic carbocycles. The molecule has 0 aromatic heterocycles. The van der Waals surface area contributed by atoms with Gasteiger partial charge < -0.3 is 9.84 Å². The molecule has 2 atom stereocenters. The van der Waals surface area contributed by atoms with E-state index in [1.807, 2.05) is 0 Å². The lowest BCUT2D eigenvalue weighted by Crippen LogP contribution is -2.32. The number of carboxylic acid groups (broad SMARTS) is 1. The third-order valence-corrected chi connectivity index (χ3v) is 2.20. The van der Waals surface area contributed by atoms with Crippen LogP contribution in [-0.4, -0.2) is 48.3 Å². The summed E-state index contributed by atoms with van der Waals surface area (Å²) < 4.78 is 5.26. The minimum atomic E-state index is -0.797. The molecular weight excluding hydrogens is 170 g/mol. The molecule has 0 bridgehead atoms. The quantitative estimate of drug-likeness (QED) is 0.615. The molecule has 4 heteroatoms. The molecule has 0 saturated carbocycles. The van der Waals surface area contributed by atoms with Crippen LogP contribution in [0.5, 0.6) is 0 Å². The van der Waals surface area contributed by atoms with Gasteiger partial charge in [0.25, 0.3) is 0 Å². The molecule has 1 aliphatic heterocycles. The van der Waals surface area contributed by atoms with Crippen molar-refractivity contribution in [2.24, 2.45) is 0 Å². The van der Waals surface area contributed by atoms with Gasteiger partial charge in [-0.25, -0.2) is 0 Å². The van der Waals surface area contributed by atoms with E-state index in [-0.39, 0.29) is 12.7 Å². The molecule has 1 heterocycles. The second kappa shape index (κ2) is 4.26. The summed E-state index contributed by atoms with van der Waals surface area (Å²) in [6, 6.07) is -0.428. The van der Waals surface area contributed by atoms with Crippen LogP contribution in [-0.2, 0) is 9.53 Å². The lowest BCUT2D eigenvalue weighted by atomic mass is 10.2. The Labute approximate surface area is 77.5 Å². The zero-order valence-corrected chi connectivity index (χ0v) is 7.56. The van der Waals surface area contributed by atoms with Crippen LogP contribution in [0.2, 0.25) is 0 Å². The number of terminal acetylenes is 1. The van der Waals surface area contributed by atoms with Crippen molar-refractivity contribution < 1.29 is 14.6 Å². The highest BCUT2D eigenvalue weighted by molar-refractivity contribution is 5.73. The van der Waals surface area contributed by atoms with Gasteiger partial charge >= 0.3 is 5.97 Å². The SMILES string of the molecule is C#CCO[C@H]1C[C@@H](C(=O)O)N(C)C1. The molecule has 1 aliphatic rings. The molecule has 0 unspecified atom stereocenters. The van der Waals surface area contributed by atoms with Crippen molar-refractivity contribution in [2.45, 2.75) is 18.6 Å². The number of aliphatic carboxylic acids is 1. The van der Waals surface area contributed by atoms with Crippen molar-refractivity contribution in [3.05, 3.63) is 0 Å². The van der Waals surface area contributed by atoms with E-state index in [4.69, 9.17) is 16.3 Å². The predicted molar refractivity (Wildman–Crippen MR) is 47.2 cm³/mol. The summed E-state index contributed by atoms with van der Waals surface area (Å²) in [6.45, 7) is 0.892. The summed E-state index contributed by atoms with van der Waals surface area (Å²) in [7, 11) is 1.78. The summed E-state index contributed by atoms with van der Waals surface area (Å²) in [4.78, 5) is 12.5. The Morgan fingerprint density at radius 1 is 1.85 bits per heavy atom. The van der Waals surface area contributed by atoms with E-state index in [2.05, 4.69) is 5.92 Å². The van der Waals surface area contributed by atoms with Crippen LogP contribution in [0.15, 0.2) is 0 Å². The first-order chi connectivity index (χ1) is 6.15. The van der Waals surface area contributed by atoms with Gasteiger partial charge in [0.05, 0.1) is 6.10 Å². The van der Waals surface area contributed by atoms with Crippen LogP contribution in [0.4, 0.5) is 0 Å². The van der Waals surface area contributed by atoms with Gasteiger partial charge in [0.2, 0.25) is 0 Å². The minimum absolute atomic E-state index is 0.0397. The van der Waals surface area contributed by atoms with Crippen molar-refractivity contribution in [3.63, 3.8) is 0 Å². The lowest BCUT2D eigenvalue weighted by molar-refractivity contribution is -0.141. The van der Waals surface area contributed by atoms with Gasteiger partial charge in [0.15, 0.2) is 0 Å². The Kier molecular flexibility index (Phi) is 3.29. The van der Waals surface area contributed by atoms with Gasteiger partial charge in [-0.2, -0.15) is 0 Å². The topological polar surface area (TPSA) is 49.8 Å². The fourth-order valence-electron chi connectivity index (χ4n) is 1.53. The van der Waals surface area contributed by atoms with Crippen molar-refractivity contribution in [1.29, 1.82) is 0 Å². The number of likely N-dealkylation sites (N-methyl/N-ethyl adjacent to an activating group) is 1. The number of hydrogen-bond donors (Lipinski definition) is 1. The molecule has 4 nitrogen and oxygen atoms in total. The van der Waals surface area contributed by atoms with Crippen molar-refractivity contribution in [2.75, 3.05) is 20.2 Å². The fraction of sp³-hybridized carbons (Fsp3) is 0.667. The van der Waals surface area contributed by atoms with Crippen molar-refractivity contribution >= 4 is 5.97 Å². The first kappa shape index (κ1) is 10.0. The summed E-state index contributed by atoms with van der Waals surface area (Å²) >= 11 is 0. The highest BCUT2D eigenvalue weighted by atomic mass is 16.5. The number of likely N-dealkylation sites (tertiary alicyclic amines) is 1. The number of carbonyl (C=O) groups is 1. The molecule has 0 aliphatic carbocycles. The zero-order chi connectivity index (χ0) is 9.84. The third-order valence-electron chi connectivity index (χ3n) is 2.20. The van der Waals surface area contributed by atoms with Gasteiger partial charge in [-0.05, 0) is 7.05 Å². The van der Waals surface area contributed by atoms with Gasteiger partial charge in [-0.3, -0.25) is 9.69 Å². The normalized spacial score (nSPS) is 28.6. The van der Waals surface area contributed by atoms with Crippen LogP contribution < -0.4 is 0 Å². The lowest BCUT2D eigenvalue weighted by Gasteiger charge is -2.12. The summed E-state index contributed by atoms with van der Waals surface area (Å²) in [5.74, 6) is 1.57. The van der Waals surface area contributed by atoms with Crippen LogP contribution in [0, 0.1) is 12.3 Å². The second-order valence-electron chi connectivity index (χ2n) is 3.17. The third kappa shape index (κ3) is 2.44. The van der Waals surface area contributed by atoms with Gasteiger partial charge in [-0.15, -0.1) is 6.42 Å². The van der Waals surface area contributed by atoms with Crippen molar-refractivity contribution in [3.8, 4) is 12.3 Å². The number of nitrogens with zero attached hydrogens (tertiary/aromatic N) is 1. The smallest absolute Gasteiger partial charge is 0.321 e.